The number of nitrogens with zero attached hydrogens (tertiary/aromatic N) is 1. The Morgan fingerprint density at radius 3 is 2.32 bits per heavy atom. The second-order valence-corrected chi connectivity index (χ2v) is 5.66. The van der Waals surface area contributed by atoms with E-state index in [0.717, 1.165) is 15.8 Å². The number of hydrogen-bond acceptors (Lipinski definition) is 2. The van der Waals surface area contributed by atoms with Crippen LogP contribution in [0.1, 0.15) is 30.9 Å². The summed E-state index contributed by atoms with van der Waals surface area (Å²) in [4.78, 5) is 0. The van der Waals surface area contributed by atoms with Gasteiger partial charge < -0.3 is 5.32 Å². The molecule has 96 valence electrons. The van der Waals surface area contributed by atoms with Gasteiger partial charge in [-0.2, -0.15) is 5.26 Å². The average molecular weight is 315 g/mol. The molecule has 0 spiro atoms. The Morgan fingerprint density at radius 2 is 1.74 bits per heavy atom. The van der Waals surface area contributed by atoms with E-state index < -0.39 is 0 Å². The third-order valence-electron chi connectivity index (χ3n) is 2.89. The van der Waals surface area contributed by atoms with Crippen LogP contribution >= 0.6 is 15.9 Å². The van der Waals surface area contributed by atoms with Gasteiger partial charge >= 0.3 is 0 Å². The molecule has 2 aromatic rings. The number of benzene rings is 2. The van der Waals surface area contributed by atoms with Gasteiger partial charge in [-0.05, 0) is 41.8 Å². The van der Waals surface area contributed by atoms with Crippen molar-refractivity contribution in [2.75, 3.05) is 5.32 Å². The van der Waals surface area contributed by atoms with Crippen molar-refractivity contribution in [3.8, 4) is 6.07 Å². The summed E-state index contributed by atoms with van der Waals surface area (Å²) >= 11 is 3.41. The summed E-state index contributed by atoms with van der Waals surface area (Å²) in [5.41, 5.74) is 3.88. The summed E-state index contributed by atoms with van der Waals surface area (Å²) in [5.74, 6) is 0.533. The van der Waals surface area contributed by atoms with Crippen molar-refractivity contribution < 1.29 is 0 Å². The van der Waals surface area contributed by atoms with Gasteiger partial charge in [-0.1, -0.05) is 41.9 Å². The summed E-state index contributed by atoms with van der Waals surface area (Å²) in [6.07, 6.45) is 0. The Hall–Kier alpha value is -1.79. The molecule has 0 saturated heterocycles. The summed E-state index contributed by atoms with van der Waals surface area (Å²) in [6.45, 7) is 4.35. The topological polar surface area (TPSA) is 35.8 Å². The average Bonchev–Trinajstić information content (AvgIpc) is 2.38. The summed E-state index contributed by atoms with van der Waals surface area (Å²) < 4.78 is 0.896. The third-order valence-corrected chi connectivity index (χ3v) is 3.35. The van der Waals surface area contributed by atoms with Crippen LogP contribution in [-0.4, -0.2) is 0 Å². The van der Waals surface area contributed by atoms with Crippen LogP contribution in [-0.2, 0) is 0 Å². The number of hydrogen-bond donors (Lipinski definition) is 1. The van der Waals surface area contributed by atoms with Crippen LogP contribution < -0.4 is 5.32 Å². The highest BCUT2D eigenvalue weighted by molar-refractivity contribution is 9.10. The maximum atomic E-state index is 8.95. The number of nitrogens with one attached hydrogen (secondary N) is 1. The minimum absolute atomic E-state index is 0.533. The molecule has 0 radical (unpaired) electrons. The van der Waals surface area contributed by atoms with Crippen molar-refractivity contribution in [1.29, 1.82) is 5.26 Å². The van der Waals surface area contributed by atoms with E-state index in [1.165, 1.54) is 5.56 Å². The fourth-order valence-electron chi connectivity index (χ4n) is 1.84. The lowest BCUT2D eigenvalue weighted by Crippen LogP contribution is -1.93. The van der Waals surface area contributed by atoms with Crippen molar-refractivity contribution in [1.82, 2.24) is 0 Å². The second kappa shape index (κ2) is 5.90. The molecule has 0 heterocycles. The molecule has 0 amide bonds. The molecule has 2 aromatic carbocycles. The molecule has 0 atom stereocenters. The van der Waals surface area contributed by atoms with E-state index in [1.807, 2.05) is 12.1 Å². The SMILES string of the molecule is CC(C)c1ccc(Nc2cc(Br)cc(C#N)c2)cc1. The zero-order valence-corrected chi connectivity index (χ0v) is 12.5. The highest BCUT2D eigenvalue weighted by atomic mass is 79.9. The maximum absolute atomic E-state index is 8.95. The molecule has 0 aromatic heterocycles. The highest BCUT2D eigenvalue weighted by Gasteiger charge is 2.01. The normalized spacial score (nSPS) is 10.3. The molecule has 2 rings (SSSR count). The van der Waals surface area contributed by atoms with Gasteiger partial charge in [0.05, 0.1) is 11.6 Å². The van der Waals surface area contributed by atoms with E-state index in [1.54, 1.807) is 6.07 Å². The predicted molar refractivity (Wildman–Crippen MR) is 82.7 cm³/mol. The molecule has 0 fully saturated rings. The predicted octanol–water partition coefficient (Wildman–Crippen LogP) is 5.19. The highest BCUT2D eigenvalue weighted by Crippen LogP contribution is 2.24. The van der Waals surface area contributed by atoms with E-state index in [4.69, 9.17) is 5.26 Å². The molecule has 0 saturated carbocycles. The Labute approximate surface area is 122 Å². The molecule has 0 aliphatic carbocycles. The Kier molecular flexibility index (Phi) is 4.24. The van der Waals surface area contributed by atoms with Crippen LogP contribution in [0.4, 0.5) is 11.4 Å². The Morgan fingerprint density at radius 1 is 1.05 bits per heavy atom. The number of anilines is 2. The molecular formula is C16H15BrN2. The molecule has 19 heavy (non-hydrogen) atoms. The van der Waals surface area contributed by atoms with Crippen molar-refractivity contribution in [3.63, 3.8) is 0 Å². The first kappa shape index (κ1) is 13.6. The van der Waals surface area contributed by atoms with Gasteiger partial charge in [0, 0.05) is 15.8 Å². The molecule has 0 aliphatic rings. The molecule has 3 heteroatoms. The van der Waals surface area contributed by atoms with Crippen LogP contribution in [0.25, 0.3) is 0 Å². The van der Waals surface area contributed by atoms with E-state index in [2.05, 4.69) is 65.4 Å². The first-order valence-corrected chi connectivity index (χ1v) is 6.95. The quantitative estimate of drug-likeness (QED) is 0.846. The van der Waals surface area contributed by atoms with Crippen molar-refractivity contribution in [2.45, 2.75) is 19.8 Å². The molecule has 2 nitrogen and oxygen atoms in total. The van der Waals surface area contributed by atoms with Crippen LogP contribution in [0.15, 0.2) is 46.9 Å². The number of nitriles is 1. The molecule has 0 aliphatic heterocycles. The minimum Gasteiger partial charge on any atom is -0.355 e. The smallest absolute Gasteiger partial charge is 0.0992 e. The molecule has 0 unspecified atom stereocenters. The molecule has 1 N–H and O–H groups in total. The van der Waals surface area contributed by atoms with E-state index >= 15 is 0 Å². The van der Waals surface area contributed by atoms with Crippen LogP contribution in [0.5, 0.6) is 0 Å². The van der Waals surface area contributed by atoms with Crippen LogP contribution in [0.3, 0.4) is 0 Å². The van der Waals surface area contributed by atoms with E-state index in [0.29, 0.717) is 11.5 Å². The fraction of sp³-hybridized carbons (Fsp3) is 0.188. The van der Waals surface area contributed by atoms with Gasteiger partial charge in [-0.15, -0.1) is 0 Å². The number of rotatable bonds is 3. The molecular weight excluding hydrogens is 300 g/mol. The monoisotopic (exact) mass is 314 g/mol. The van der Waals surface area contributed by atoms with Gasteiger partial charge in [-0.3, -0.25) is 0 Å². The van der Waals surface area contributed by atoms with Gasteiger partial charge in [0.2, 0.25) is 0 Å². The Balaban J connectivity index is 2.21. The lowest BCUT2D eigenvalue weighted by molar-refractivity contribution is 0.867. The minimum atomic E-state index is 0.533. The van der Waals surface area contributed by atoms with Crippen LogP contribution in [0, 0.1) is 11.3 Å². The van der Waals surface area contributed by atoms with Crippen molar-refractivity contribution in [3.05, 3.63) is 58.1 Å². The van der Waals surface area contributed by atoms with Crippen LogP contribution in [0.2, 0.25) is 0 Å². The van der Waals surface area contributed by atoms with Gasteiger partial charge in [0.1, 0.15) is 0 Å². The van der Waals surface area contributed by atoms with Crippen molar-refractivity contribution in [2.24, 2.45) is 0 Å². The summed E-state index contributed by atoms with van der Waals surface area (Å²) in [7, 11) is 0. The second-order valence-electron chi connectivity index (χ2n) is 4.74. The standard InChI is InChI=1S/C16H15BrN2/c1-11(2)13-3-5-15(6-4-13)19-16-8-12(10-18)7-14(17)9-16/h3-9,11,19H,1-2H3. The summed E-state index contributed by atoms with van der Waals surface area (Å²) in [6, 6.07) is 16.1. The maximum Gasteiger partial charge on any atom is 0.0992 e. The van der Waals surface area contributed by atoms with Gasteiger partial charge in [0.15, 0.2) is 0 Å². The lowest BCUT2D eigenvalue weighted by Gasteiger charge is -2.10. The van der Waals surface area contributed by atoms with Gasteiger partial charge in [-0.25, -0.2) is 0 Å². The Bertz CT molecular complexity index is 610. The zero-order chi connectivity index (χ0) is 13.8. The van der Waals surface area contributed by atoms with E-state index in [-0.39, 0.29) is 0 Å². The van der Waals surface area contributed by atoms with Crippen molar-refractivity contribution >= 4 is 27.3 Å². The first-order valence-electron chi connectivity index (χ1n) is 6.16. The number of halogens is 1. The lowest BCUT2D eigenvalue weighted by atomic mass is 10.0. The van der Waals surface area contributed by atoms with E-state index in [9.17, 15) is 0 Å². The van der Waals surface area contributed by atoms with Gasteiger partial charge in [0.25, 0.3) is 0 Å². The first-order chi connectivity index (χ1) is 9.08. The zero-order valence-electron chi connectivity index (χ0n) is 10.9. The summed E-state index contributed by atoms with van der Waals surface area (Å²) in [5, 5.41) is 12.3. The third kappa shape index (κ3) is 3.59. The fourth-order valence-corrected chi connectivity index (χ4v) is 2.34. The molecule has 0 bridgehead atoms. The largest absolute Gasteiger partial charge is 0.355 e.